The summed E-state index contributed by atoms with van der Waals surface area (Å²) >= 11 is 0. The van der Waals surface area contributed by atoms with Crippen LogP contribution in [-0.2, 0) is 4.74 Å². The van der Waals surface area contributed by atoms with E-state index in [1.54, 1.807) is 0 Å². The lowest BCUT2D eigenvalue weighted by atomic mass is 10.2. The second-order valence-corrected chi connectivity index (χ2v) is 2.92. The molecule has 1 rings (SSSR count). The van der Waals surface area contributed by atoms with Crippen molar-refractivity contribution in [1.29, 1.82) is 0 Å². The summed E-state index contributed by atoms with van der Waals surface area (Å²) in [5.74, 6) is 0. The third kappa shape index (κ3) is 10.8. The van der Waals surface area contributed by atoms with Gasteiger partial charge in [-0.25, -0.2) is 0 Å². The van der Waals surface area contributed by atoms with Gasteiger partial charge in [0.05, 0.1) is 0 Å². The quantitative estimate of drug-likeness (QED) is 0.567. The fourth-order valence-corrected chi connectivity index (χ4v) is 0.687. The Kier molecular flexibility index (Phi) is 6.98. The normalized spacial score (nSPS) is 18.0. The van der Waals surface area contributed by atoms with Crippen molar-refractivity contribution in [3.05, 3.63) is 0 Å². The first-order valence-corrected chi connectivity index (χ1v) is 4.07. The van der Waals surface area contributed by atoms with Gasteiger partial charge in [-0.1, -0.05) is 13.8 Å². The molecule has 0 radical (unpaired) electrons. The minimum atomic E-state index is 0. The molecule has 0 amide bonds. The maximum atomic E-state index is 5.11. The van der Waals surface area contributed by atoms with Crippen molar-refractivity contribution in [2.75, 3.05) is 13.2 Å². The molecule has 10 heavy (non-hydrogen) atoms. The van der Waals surface area contributed by atoms with Gasteiger partial charge in [0, 0.05) is 14.6 Å². The highest BCUT2D eigenvalue weighted by molar-refractivity contribution is 4.45. The fourth-order valence-electron chi connectivity index (χ4n) is 0.687. The summed E-state index contributed by atoms with van der Waals surface area (Å²) in [6, 6.07) is 0.333. The van der Waals surface area contributed by atoms with Crippen molar-refractivity contribution in [2.45, 2.75) is 39.2 Å². The zero-order chi connectivity index (χ0) is 7.82. The van der Waals surface area contributed by atoms with E-state index in [1.165, 1.54) is 19.3 Å². The Morgan fingerprint density at radius 3 is 1.70 bits per heavy atom. The molecule has 0 aromatic carbocycles. The Balaban J connectivity index is 0. The van der Waals surface area contributed by atoms with Crippen LogP contribution in [0.1, 0.15) is 34.5 Å². The van der Waals surface area contributed by atoms with Gasteiger partial charge in [-0.05, 0) is 25.3 Å². The van der Waals surface area contributed by atoms with Gasteiger partial charge >= 0.3 is 0 Å². The number of nitrogens with two attached hydrogens (primary N) is 1. The first-order chi connectivity index (χ1) is 4.73. The van der Waals surface area contributed by atoms with E-state index in [-0.39, 0.29) is 1.43 Å². The third-order valence-corrected chi connectivity index (χ3v) is 1.08. The molecule has 1 fully saturated rings. The topological polar surface area (TPSA) is 35.2 Å². The molecule has 64 valence electrons. The summed E-state index contributed by atoms with van der Waals surface area (Å²) in [6.07, 6.45) is 3.93. The summed E-state index contributed by atoms with van der Waals surface area (Å²) in [4.78, 5) is 0. The van der Waals surface area contributed by atoms with Crippen LogP contribution in [0.3, 0.4) is 0 Å². The Labute approximate surface area is 65.2 Å². The SMILES string of the molecule is C1CCOCC1.CC(C)N.[HH]. The zero-order valence-electron chi connectivity index (χ0n) is 7.10. The van der Waals surface area contributed by atoms with Crippen LogP contribution in [0, 0.1) is 0 Å². The summed E-state index contributed by atoms with van der Waals surface area (Å²) in [5.41, 5.74) is 5.11. The highest BCUT2D eigenvalue weighted by atomic mass is 16.5. The van der Waals surface area contributed by atoms with Crippen LogP contribution in [0.5, 0.6) is 0 Å². The summed E-state index contributed by atoms with van der Waals surface area (Å²) in [5, 5.41) is 0. The molecule has 2 nitrogen and oxygen atoms in total. The van der Waals surface area contributed by atoms with Gasteiger partial charge in [0.25, 0.3) is 0 Å². The molecule has 1 saturated heterocycles. The van der Waals surface area contributed by atoms with E-state index in [9.17, 15) is 0 Å². The van der Waals surface area contributed by atoms with Crippen molar-refractivity contribution >= 4 is 0 Å². The molecule has 0 spiro atoms. The van der Waals surface area contributed by atoms with Crippen molar-refractivity contribution in [3.63, 3.8) is 0 Å². The van der Waals surface area contributed by atoms with Crippen molar-refractivity contribution < 1.29 is 6.16 Å². The highest BCUT2D eigenvalue weighted by Gasteiger charge is 1.94. The van der Waals surface area contributed by atoms with E-state index < -0.39 is 0 Å². The van der Waals surface area contributed by atoms with Crippen LogP contribution < -0.4 is 5.73 Å². The van der Waals surface area contributed by atoms with E-state index in [1.807, 2.05) is 13.8 Å². The minimum Gasteiger partial charge on any atom is -0.381 e. The molecule has 1 aliphatic rings. The van der Waals surface area contributed by atoms with Crippen molar-refractivity contribution in [2.24, 2.45) is 5.73 Å². The standard InChI is InChI=1S/C5H10O.C3H9N.H2/c1-2-4-6-5-3-1;1-3(2)4;/h1-5H2;3H,4H2,1-2H3;1H. The Bertz CT molecular complexity index is 50.8. The second-order valence-electron chi connectivity index (χ2n) is 2.92. The lowest BCUT2D eigenvalue weighted by Crippen LogP contribution is -2.06. The molecule has 0 aliphatic carbocycles. The maximum absolute atomic E-state index is 5.11. The van der Waals surface area contributed by atoms with Crippen molar-refractivity contribution in [1.82, 2.24) is 0 Å². The van der Waals surface area contributed by atoms with E-state index >= 15 is 0 Å². The molecule has 0 aromatic heterocycles. The van der Waals surface area contributed by atoms with Crippen molar-refractivity contribution in [3.8, 4) is 0 Å². The van der Waals surface area contributed by atoms with Gasteiger partial charge in [0.2, 0.25) is 0 Å². The van der Waals surface area contributed by atoms with Crippen LogP contribution in [-0.4, -0.2) is 19.3 Å². The zero-order valence-corrected chi connectivity index (χ0v) is 7.10. The summed E-state index contributed by atoms with van der Waals surface area (Å²) < 4.78 is 5.07. The Hall–Kier alpha value is -0.0800. The molecule has 0 unspecified atom stereocenters. The minimum absolute atomic E-state index is 0. The molecule has 2 N–H and O–H groups in total. The first-order valence-electron chi connectivity index (χ1n) is 4.07. The number of ether oxygens (including phenoxy) is 1. The van der Waals surface area contributed by atoms with Gasteiger partial charge in [0.15, 0.2) is 0 Å². The van der Waals surface area contributed by atoms with Crippen LogP contribution in [0.15, 0.2) is 0 Å². The van der Waals surface area contributed by atoms with Crippen LogP contribution in [0.2, 0.25) is 0 Å². The van der Waals surface area contributed by atoms with Crippen LogP contribution >= 0.6 is 0 Å². The predicted octanol–water partition coefficient (Wildman–Crippen LogP) is 1.79. The van der Waals surface area contributed by atoms with E-state index in [0.717, 1.165) is 13.2 Å². The summed E-state index contributed by atoms with van der Waals surface area (Å²) in [7, 11) is 0. The smallest absolute Gasteiger partial charge is 0.0466 e. The Morgan fingerprint density at radius 1 is 1.20 bits per heavy atom. The molecule has 0 aromatic rings. The molecular weight excluding hydrogens is 126 g/mol. The van der Waals surface area contributed by atoms with Crippen LogP contribution in [0.4, 0.5) is 0 Å². The number of hydrogen-bond donors (Lipinski definition) is 1. The van der Waals surface area contributed by atoms with Gasteiger partial charge in [-0.2, -0.15) is 0 Å². The van der Waals surface area contributed by atoms with Gasteiger partial charge < -0.3 is 10.5 Å². The van der Waals surface area contributed by atoms with Gasteiger partial charge in [-0.3, -0.25) is 0 Å². The van der Waals surface area contributed by atoms with E-state index in [4.69, 9.17) is 10.5 Å². The molecule has 1 aliphatic heterocycles. The molecule has 1 heterocycles. The van der Waals surface area contributed by atoms with E-state index in [2.05, 4.69) is 0 Å². The highest BCUT2D eigenvalue weighted by Crippen LogP contribution is 2.02. The average molecular weight is 147 g/mol. The lowest BCUT2D eigenvalue weighted by molar-refractivity contribution is 0.0968. The first kappa shape index (κ1) is 9.92. The predicted molar refractivity (Wildman–Crippen MR) is 46.1 cm³/mol. The number of hydrogen-bond acceptors (Lipinski definition) is 2. The summed E-state index contributed by atoms with van der Waals surface area (Å²) in [6.45, 7) is 5.89. The molecule has 2 heteroatoms. The molecular formula is C8H21NO. The molecule has 0 bridgehead atoms. The molecule has 0 atom stereocenters. The Morgan fingerprint density at radius 2 is 1.60 bits per heavy atom. The monoisotopic (exact) mass is 147 g/mol. The van der Waals surface area contributed by atoms with E-state index in [0.29, 0.717) is 6.04 Å². The van der Waals surface area contributed by atoms with Gasteiger partial charge in [0.1, 0.15) is 0 Å². The van der Waals surface area contributed by atoms with Gasteiger partial charge in [-0.15, -0.1) is 0 Å². The van der Waals surface area contributed by atoms with Crippen LogP contribution in [0.25, 0.3) is 0 Å². The number of rotatable bonds is 0. The fraction of sp³-hybridized carbons (Fsp3) is 1.00. The third-order valence-electron chi connectivity index (χ3n) is 1.08. The molecule has 0 saturated carbocycles. The average Bonchev–Trinajstić information content (AvgIpc) is 1.90. The second kappa shape index (κ2) is 7.03. The lowest BCUT2D eigenvalue weighted by Gasteiger charge is -2.08. The maximum Gasteiger partial charge on any atom is 0.0466 e. The largest absolute Gasteiger partial charge is 0.381 e.